The van der Waals surface area contributed by atoms with Gasteiger partial charge in [0.1, 0.15) is 12.1 Å². The lowest BCUT2D eigenvalue weighted by atomic mass is 10.3. The summed E-state index contributed by atoms with van der Waals surface area (Å²) in [5.74, 6) is 5.90. The van der Waals surface area contributed by atoms with E-state index in [2.05, 4.69) is 4.98 Å². The number of rotatable bonds is 1. The zero-order chi connectivity index (χ0) is 6.85. The number of hydrogen-bond donors (Lipinski definition) is 2. The topological polar surface area (TPSA) is 69.9 Å². The number of imidazole rings is 1. The van der Waals surface area contributed by atoms with Gasteiger partial charge < -0.3 is 11.6 Å². The average Bonchev–Trinajstić information content (AvgIpc) is 2.15. The summed E-state index contributed by atoms with van der Waals surface area (Å²) >= 11 is 0. The van der Waals surface area contributed by atoms with Gasteiger partial charge in [0.05, 0.1) is 5.69 Å². The van der Waals surface area contributed by atoms with E-state index >= 15 is 0 Å². The van der Waals surface area contributed by atoms with Gasteiger partial charge in [-0.1, -0.05) is 6.92 Å². The van der Waals surface area contributed by atoms with Gasteiger partial charge in [-0.15, -0.1) is 0 Å². The summed E-state index contributed by atoms with van der Waals surface area (Å²) in [6.07, 6.45) is 2.34. The molecular formula is C5H10N4. The third-order valence-electron chi connectivity index (χ3n) is 1.25. The summed E-state index contributed by atoms with van der Waals surface area (Å²) in [6.45, 7) is 1.98. The van der Waals surface area contributed by atoms with Crippen LogP contribution in [0.1, 0.15) is 12.6 Å². The highest BCUT2D eigenvalue weighted by Gasteiger charge is 2.00. The van der Waals surface area contributed by atoms with Crippen molar-refractivity contribution in [2.45, 2.75) is 13.3 Å². The van der Waals surface area contributed by atoms with Crippen LogP contribution in [-0.2, 0) is 6.42 Å². The third kappa shape index (κ3) is 0.826. The Hall–Kier alpha value is -1.19. The van der Waals surface area contributed by atoms with Gasteiger partial charge in [0.25, 0.3) is 0 Å². The predicted molar refractivity (Wildman–Crippen MR) is 36.2 cm³/mol. The highest BCUT2D eigenvalue weighted by atomic mass is 15.3. The monoisotopic (exact) mass is 126 g/mol. The molecule has 4 N–H and O–H groups in total. The summed E-state index contributed by atoms with van der Waals surface area (Å²) < 4.78 is 1.32. The minimum absolute atomic E-state index is 0.553. The molecule has 9 heavy (non-hydrogen) atoms. The fraction of sp³-hybridized carbons (Fsp3) is 0.400. The zero-order valence-electron chi connectivity index (χ0n) is 5.33. The van der Waals surface area contributed by atoms with Crippen molar-refractivity contribution >= 4 is 5.82 Å². The van der Waals surface area contributed by atoms with E-state index in [1.165, 1.54) is 11.0 Å². The van der Waals surface area contributed by atoms with E-state index in [1.807, 2.05) is 6.92 Å². The van der Waals surface area contributed by atoms with Crippen molar-refractivity contribution in [3.63, 3.8) is 0 Å². The van der Waals surface area contributed by atoms with Crippen molar-refractivity contribution in [2.75, 3.05) is 11.6 Å². The second kappa shape index (κ2) is 1.97. The Bertz CT molecular complexity index is 203. The molecule has 0 radical (unpaired) electrons. The van der Waals surface area contributed by atoms with Gasteiger partial charge in [0.15, 0.2) is 0 Å². The SMILES string of the molecule is CCc1ncn(N)c1N. The molecule has 0 aliphatic carbocycles. The van der Waals surface area contributed by atoms with Crippen molar-refractivity contribution in [2.24, 2.45) is 0 Å². The number of nitrogens with zero attached hydrogens (tertiary/aromatic N) is 2. The Kier molecular flexibility index (Phi) is 1.30. The highest BCUT2D eigenvalue weighted by Crippen LogP contribution is 2.05. The molecule has 0 unspecified atom stereocenters. The fourth-order valence-corrected chi connectivity index (χ4v) is 0.682. The zero-order valence-corrected chi connectivity index (χ0v) is 5.33. The molecule has 1 aromatic heterocycles. The van der Waals surface area contributed by atoms with Crippen LogP contribution in [0.25, 0.3) is 0 Å². The second-order valence-electron chi connectivity index (χ2n) is 1.84. The lowest BCUT2D eigenvalue weighted by Gasteiger charge is -1.93. The number of nitrogen functional groups attached to an aromatic ring is 2. The summed E-state index contributed by atoms with van der Waals surface area (Å²) in [7, 11) is 0. The molecule has 0 aromatic carbocycles. The van der Waals surface area contributed by atoms with Crippen molar-refractivity contribution in [1.29, 1.82) is 0 Å². The van der Waals surface area contributed by atoms with E-state index in [9.17, 15) is 0 Å². The minimum Gasteiger partial charge on any atom is -0.382 e. The van der Waals surface area contributed by atoms with E-state index in [0.717, 1.165) is 12.1 Å². The fourth-order valence-electron chi connectivity index (χ4n) is 0.682. The molecule has 0 aliphatic heterocycles. The molecule has 0 saturated carbocycles. The van der Waals surface area contributed by atoms with Crippen LogP contribution in [0.5, 0.6) is 0 Å². The van der Waals surface area contributed by atoms with Crippen molar-refractivity contribution in [3.05, 3.63) is 12.0 Å². The second-order valence-corrected chi connectivity index (χ2v) is 1.84. The minimum atomic E-state index is 0.553. The average molecular weight is 126 g/mol. The van der Waals surface area contributed by atoms with Crippen LogP contribution in [0.4, 0.5) is 5.82 Å². The molecule has 1 heterocycles. The number of aromatic nitrogens is 2. The normalized spacial score (nSPS) is 9.89. The summed E-state index contributed by atoms with van der Waals surface area (Å²) in [6, 6.07) is 0. The Morgan fingerprint density at radius 2 is 2.44 bits per heavy atom. The van der Waals surface area contributed by atoms with Gasteiger partial charge in [-0.2, -0.15) is 0 Å². The number of hydrogen-bond acceptors (Lipinski definition) is 3. The molecular weight excluding hydrogens is 116 g/mol. The van der Waals surface area contributed by atoms with Crippen LogP contribution in [0.3, 0.4) is 0 Å². The first-order valence-electron chi connectivity index (χ1n) is 2.82. The Labute approximate surface area is 53.4 Å². The quantitative estimate of drug-likeness (QED) is 0.509. The molecule has 0 atom stereocenters. The molecule has 0 bridgehead atoms. The standard InChI is InChI=1S/C5H10N4/c1-2-4-5(6)9(7)3-8-4/h3H,2,6-7H2,1H3. The summed E-state index contributed by atoms with van der Waals surface area (Å²) in [5, 5.41) is 0. The van der Waals surface area contributed by atoms with E-state index in [0.29, 0.717) is 5.82 Å². The maximum Gasteiger partial charge on any atom is 0.145 e. The van der Waals surface area contributed by atoms with Gasteiger partial charge in [0, 0.05) is 0 Å². The van der Waals surface area contributed by atoms with E-state index in [4.69, 9.17) is 11.6 Å². The van der Waals surface area contributed by atoms with Crippen LogP contribution >= 0.6 is 0 Å². The molecule has 4 heteroatoms. The van der Waals surface area contributed by atoms with Crippen molar-refractivity contribution < 1.29 is 0 Å². The Balaban J connectivity index is 3.04. The Morgan fingerprint density at radius 1 is 1.78 bits per heavy atom. The van der Waals surface area contributed by atoms with Crippen LogP contribution in [0, 0.1) is 0 Å². The first-order chi connectivity index (χ1) is 4.25. The predicted octanol–water partition coefficient (Wildman–Crippen LogP) is -0.259. The van der Waals surface area contributed by atoms with Crippen LogP contribution in [-0.4, -0.2) is 9.66 Å². The molecule has 0 fully saturated rings. The lowest BCUT2D eigenvalue weighted by molar-refractivity contribution is 1.01. The first-order valence-corrected chi connectivity index (χ1v) is 2.82. The van der Waals surface area contributed by atoms with Gasteiger partial charge >= 0.3 is 0 Å². The van der Waals surface area contributed by atoms with Crippen LogP contribution < -0.4 is 11.6 Å². The van der Waals surface area contributed by atoms with E-state index in [1.54, 1.807) is 0 Å². The maximum atomic E-state index is 5.49. The summed E-state index contributed by atoms with van der Waals surface area (Å²) in [5.41, 5.74) is 6.35. The Morgan fingerprint density at radius 3 is 2.67 bits per heavy atom. The van der Waals surface area contributed by atoms with Crippen molar-refractivity contribution in [3.8, 4) is 0 Å². The molecule has 1 aromatic rings. The first kappa shape index (κ1) is 5.94. The molecule has 50 valence electrons. The van der Waals surface area contributed by atoms with E-state index < -0.39 is 0 Å². The van der Waals surface area contributed by atoms with Gasteiger partial charge in [-0.3, -0.25) is 0 Å². The largest absolute Gasteiger partial charge is 0.382 e. The number of aryl methyl sites for hydroxylation is 1. The van der Waals surface area contributed by atoms with E-state index in [-0.39, 0.29) is 0 Å². The third-order valence-corrected chi connectivity index (χ3v) is 1.25. The van der Waals surface area contributed by atoms with Crippen molar-refractivity contribution in [1.82, 2.24) is 9.66 Å². The van der Waals surface area contributed by atoms with Crippen LogP contribution in [0.2, 0.25) is 0 Å². The van der Waals surface area contributed by atoms with Gasteiger partial charge in [-0.25, -0.2) is 9.66 Å². The number of nitrogens with two attached hydrogens (primary N) is 2. The molecule has 0 spiro atoms. The lowest BCUT2D eigenvalue weighted by Crippen LogP contribution is -2.10. The molecule has 1 rings (SSSR count). The van der Waals surface area contributed by atoms with Gasteiger partial charge in [-0.05, 0) is 6.42 Å². The summed E-state index contributed by atoms with van der Waals surface area (Å²) in [4.78, 5) is 3.95. The van der Waals surface area contributed by atoms with Gasteiger partial charge in [0.2, 0.25) is 0 Å². The maximum absolute atomic E-state index is 5.49. The molecule has 0 amide bonds. The molecule has 0 aliphatic rings. The number of anilines is 1. The highest BCUT2D eigenvalue weighted by molar-refractivity contribution is 5.35. The molecule has 0 saturated heterocycles. The molecule has 4 nitrogen and oxygen atoms in total. The smallest absolute Gasteiger partial charge is 0.145 e. The van der Waals surface area contributed by atoms with Crippen LogP contribution in [0.15, 0.2) is 6.33 Å².